The summed E-state index contributed by atoms with van der Waals surface area (Å²) in [5, 5.41) is 2.96. The maximum atomic E-state index is 11.6. The number of rotatable bonds is 6. The fourth-order valence-electron chi connectivity index (χ4n) is 1.48. The van der Waals surface area contributed by atoms with Gasteiger partial charge in [0.2, 0.25) is 5.91 Å². The van der Waals surface area contributed by atoms with Crippen LogP contribution in [-0.2, 0) is 11.3 Å². The smallest absolute Gasteiger partial charge is 0.225 e. The largest absolute Gasteiger partial charge is 0.356 e. The van der Waals surface area contributed by atoms with Crippen molar-refractivity contribution in [3.8, 4) is 0 Å². The van der Waals surface area contributed by atoms with Gasteiger partial charge >= 0.3 is 0 Å². The van der Waals surface area contributed by atoms with Gasteiger partial charge in [0, 0.05) is 30.9 Å². The monoisotopic (exact) mass is 237 g/mol. The van der Waals surface area contributed by atoms with Crippen LogP contribution in [0.15, 0.2) is 18.7 Å². The van der Waals surface area contributed by atoms with Gasteiger partial charge in [0.05, 0.1) is 6.33 Å². The van der Waals surface area contributed by atoms with Crippen LogP contribution in [0.1, 0.15) is 40.0 Å². The molecule has 0 fully saturated rings. The van der Waals surface area contributed by atoms with Gasteiger partial charge in [0.1, 0.15) is 0 Å². The third-order valence-corrected chi connectivity index (χ3v) is 2.62. The Hall–Kier alpha value is -1.32. The van der Waals surface area contributed by atoms with E-state index in [1.54, 1.807) is 6.20 Å². The normalized spacial score (nSPS) is 11.5. The zero-order valence-corrected chi connectivity index (χ0v) is 11.1. The molecule has 0 bridgehead atoms. The quantitative estimate of drug-likeness (QED) is 0.771. The molecule has 1 aromatic rings. The fraction of sp³-hybridized carbons (Fsp3) is 0.692. The molecule has 0 saturated carbocycles. The molecule has 1 N–H and O–H groups in total. The van der Waals surface area contributed by atoms with Crippen molar-refractivity contribution >= 4 is 5.91 Å². The third-order valence-electron chi connectivity index (χ3n) is 2.62. The Kier molecular flexibility index (Phi) is 5.19. The summed E-state index contributed by atoms with van der Waals surface area (Å²) in [6.45, 7) is 7.58. The molecule has 1 heterocycles. The van der Waals surface area contributed by atoms with Crippen molar-refractivity contribution < 1.29 is 4.79 Å². The van der Waals surface area contributed by atoms with E-state index >= 15 is 0 Å². The topological polar surface area (TPSA) is 46.9 Å². The molecule has 0 radical (unpaired) electrons. The molecular weight excluding hydrogens is 214 g/mol. The molecule has 0 saturated heterocycles. The Labute approximate surface area is 103 Å². The summed E-state index contributed by atoms with van der Waals surface area (Å²) < 4.78 is 2.08. The Balaban J connectivity index is 2.00. The van der Waals surface area contributed by atoms with Gasteiger partial charge in [0.15, 0.2) is 0 Å². The van der Waals surface area contributed by atoms with E-state index in [9.17, 15) is 4.79 Å². The summed E-state index contributed by atoms with van der Waals surface area (Å²) in [5.41, 5.74) is -0.281. The van der Waals surface area contributed by atoms with Crippen LogP contribution in [0.3, 0.4) is 0 Å². The van der Waals surface area contributed by atoms with Gasteiger partial charge in [-0.05, 0) is 19.3 Å². The highest BCUT2D eigenvalue weighted by Crippen LogP contribution is 2.12. The van der Waals surface area contributed by atoms with Crippen molar-refractivity contribution in [2.24, 2.45) is 5.41 Å². The number of imidazole rings is 1. The van der Waals surface area contributed by atoms with Crippen molar-refractivity contribution in [3.05, 3.63) is 18.7 Å². The zero-order valence-electron chi connectivity index (χ0n) is 11.1. The van der Waals surface area contributed by atoms with Crippen LogP contribution >= 0.6 is 0 Å². The summed E-state index contributed by atoms with van der Waals surface area (Å²) in [4.78, 5) is 15.6. The average molecular weight is 237 g/mol. The number of nitrogens with one attached hydrogen (secondary N) is 1. The standard InChI is InChI=1S/C13H23N3O/c1-13(2,3)12(17)15-7-5-4-6-9-16-10-8-14-11-16/h8,10-11H,4-7,9H2,1-3H3,(H,15,17). The molecule has 0 aliphatic carbocycles. The summed E-state index contributed by atoms with van der Waals surface area (Å²) in [5.74, 6) is 0.132. The van der Waals surface area contributed by atoms with E-state index in [0.29, 0.717) is 0 Å². The van der Waals surface area contributed by atoms with Crippen LogP contribution in [0, 0.1) is 5.41 Å². The predicted molar refractivity (Wildman–Crippen MR) is 68.5 cm³/mol. The van der Waals surface area contributed by atoms with Crippen molar-refractivity contribution in [3.63, 3.8) is 0 Å². The van der Waals surface area contributed by atoms with Crippen LogP contribution in [-0.4, -0.2) is 22.0 Å². The first-order valence-corrected chi connectivity index (χ1v) is 6.24. The third kappa shape index (κ3) is 5.52. The molecule has 1 aromatic heterocycles. The second-order valence-electron chi connectivity index (χ2n) is 5.37. The highest BCUT2D eigenvalue weighted by Gasteiger charge is 2.19. The van der Waals surface area contributed by atoms with Crippen LogP contribution in [0.4, 0.5) is 0 Å². The van der Waals surface area contributed by atoms with Crippen LogP contribution in [0.5, 0.6) is 0 Å². The van der Waals surface area contributed by atoms with Crippen molar-refractivity contribution in [2.45, 2.75) is 46.6 Å². The van der Waals surface area contributed by atoms with Crippen LogP contribution in [0.2, 0.25) is 0 Å². The summed E-state index contributed by atoms with van der Waals surface area (Å²) >= 11 is 0. The number of hydrogen-bond donors (Lipinski definition) is 1. The van der Waals surface area contributed by atoms with Gasteiger partial charge in [-0.2, -0.15) is 0 Å². The molecule has 1 rings (SSSR count). The fourth-order valence-corrected chi connectivity index (χ4v) is 1.48. The van der Waals surface area contributed by atoms with Crippen molar-refractivity contribution in [2.75, 3.05) is 6.54 Å². The summed E-state index contributed by atoms with van der Waals surface area (Å²) in [6.07, 6.45) is 8.90. The Morgan fingerprint density at radius 1 is 1.29 bits per heavy atom. The Bertz CT molecular complexity index is 325. The van der Waals surface area contributed by atoms with E-state index < -0.39 is 0 Å². The lowest BCUT2D eigenvalue weighted by molar-refractivity contribution is -0.128. The molecule has 0 spiro atoms. The molecule has 0 aliphatic rings. The summed E-state index contributed by atoms with van der Waals surface area (Å²) in [6, 6.07) is 0. The molecule has 4 heteroatoms. The van der Waals surface area contributed by atoms with Crippen molar-refractivity contribution in [1.82, 2.24) is 14.9 Å². The first-order chi connectivity index (χ1) is 8.00. The van der Waals surface area contributed by atoms with E-state index in [1.807, 2.05) is 33.3 Å². The first kappa shape index (κ1) is 13.7. The molecule has 17 heavy (non-hydrogen) atoms. The lowest BCUT2D eigenvalue weighted by Gasteiger charge is -2.17. The molecule has 0 aromatic carbocycles. The van der Waals surface area contributed by atoms with E-state index in [4.69, 9.17) is 0 Å². The van der Waals surface area contributed by atoms with E-state index in [-0.39, 0.29) is 11.3 Å². The average Bonchev–Trinajstić information content (AvgIpc) is 2.74. The number of aromatic nitrogens is 2. The highest BCUT2D eigenvalue weighted by atomic mass is 16.2. The Morgan fingerprint density at radius 2 is 2.06 bits per heavy atom. The lowest BCUT2D eigenvalue weighted by atomic mass is 9.96. The minimum atomic E-state index is -0.281. The van der Waals surface area contributed by atoms with E-state index in [1.165, 1.54) is 0 Å². The second kappa shape index (κ2) is 6.42. The molecule has 96 valence electrons. The summed E-state index contributed by atoms with van der Waals surface area (Å²) in [7, 11) is 0. The number of amides is 1. The number of hydrogen-bond acceptors (Lipinski definition) is 2. The molecule has 0 aliphatic heterocycles. The first-order valence-electron chi connectivity index (χ1n) is 6.24. The maximum absolute atomic E-state index is 11.6. The molecule has 0 unspecified atom stereocenters. The van der Waals surface area contributed by atoms with Gasteiger partial charge in [-0.1, -0.05) is 20.8 Å². The molecule has 1 amide bonds. The van der Waals surface area contributed by atoms with Crippen LogP contribution < -0.4 is 5.32 Å². The van der Waals surface area contributed by atoms with Crippen molar-refractivity contribution in [1.29, 1.82) is 0 Å². The minimum Gasteiger partial charge on any atom is -0.356 e. The highest BCUT2D eigenvalue weighted by molar-refractivity contribution is 5.81. The maximum Gasteiger partial charge on any atom is 0.225 e. The predicted octanol–water partition coefficient (Wildman–Crippen LogP) is 2.22. The second-order valence-corrected chi connectivity index (χ2v) is 5.37. The molecule has 4 nitrogen and oxygen atoms in total. The number of nitrogens with zero attached hydrogens (tertiary/aromatic N) is 2. The SMILES string of the molecule is CC(C)(C)C(=O)NCCCCCn1ccnc1. The minimum absolute atomic E-state index is 0.132. The number of carbonyl (C=O) groups excluding carboxylic acids is 1. The van der Waals surface area contributed by atoms with E-state index in [2.05, 4.69) is 14.9 Å². The van der Waals surface area contributed by atoms with Gasteiger partial charge in [-0.25, -0.2) is 4.98 Å². The molecular formula is C13H23N3O. The van der Waals surface area contributed by atoms with Gasteiger partial charge in [-0.3, -0.25) is 4.79 Å². The van der Waals surface area contributed by atoms with Gasteiger partial charge in [-0.15, -0.1) is 0 Å². The number of unbranched alkanes of at least 4 members (excludes halogenated alkanes) is 2. The number of aryl methyl sites for hydroxylation is 1. The van der Waals surface area contributed by atoms with Crippen LogP contribution in [0.25, 0.3) is 0 Å². The van der Waals surface area contributed by atoms with Gasteiger partial charge in [0.25, 0.3) is 0 Å². The van der Waals surface area contributed by atoms with E-state index in [0.717, 1.165) is 32.4 Å². The Morgan fingerprint density at radius 3 is 2.65 bits per heavy atom. The molecule has 0 atom stereocenters. The van der Waals surface area contributed by atoms with Gasteiger partial charge < -0.3 is 9.88 Å². The lowest BCUT2D eigenvalue weighted by Crippen LogP contribution is -2.35. The number of carbonyl (C=O) groups is 1. The zero-order chi connectivity index (χ0) is 12.7.